The van der Waals surface area contributed by atoms with Crippen molar-refractivity contribution in [2.75, 3.05) is 44.9 Å². The maximum atomic E-state index is 5.61. The van der Waals surface area contributed by atoms with Gasteiger partial charge in [-0.2, -0.15) is 0 Å². The van der Waals surface area contributed by atoms with Gasteiger partial charge in [-0.15, -0.1) is 0 Å². The van der Waals surface area contributed by atoms with Crippen molar-refractivity contribution in [1.82, 2.24) is 4.98 Å². The van der Waals surface area contributed by atoms with Gasteiger partial charge < -0.3 is 20.1 Å². The highest BCUT2D eigenvalue weighted by molar-refractivity contribution is 5.52. The molecule has 17 heavy (non-hydrogen) atoms. The first-order valence-corrected chi connectivity index (χ1v) is 5.85. The Bertz CT molecular complexity index is 320. The molecule has 0 aliphatic heterocycles. The Kier molecular flexibility index (Phi) is 6.35. The molecule has 96 valence electrons. The molecule has 5 heteroatoms. The van der Waals surface area contributed by atoms with Crippen LogP contribution in [0, 0.1) is 0 Å². The van der Waals surface area contributed by atoms with Gasteiger partial charge in [0, 0.05) is 32.9 Å². The highest BCUT2D eigenvalue weighted by Gasteiger charge is 2.12. The van der Waals surface area contributed by atoms with Crippen LogP contribution >= 0.6 is 0 Å². The Hall–Kier alpha value is -1.33. The molecule has 0 atom stereocenters. The molecule has 2 N–H and O–H groups in total. The van der Waals surface area contributed by atoms with E-state index in [-0.39, 0.29) is 0 Å². The van der Waals surface area contributed by atoms with E-state index in [1.807, 2.05) is 19.1 Å². The van der Waals surface area contributed by atoms with Gasteiger partial charge in [0.05, 0.1) is 13.2 Å². The number of anilines is 1. The molecule has 1 aromatic rings. The number of nitrogens with two attached hydrogens (primary N) is 1. The molecular weight excluding hydrogens is 218 g/mol. The Morgan fingerprint density at radius 2 is 2.24 bits per heavy atom. The molecule has 0 amide bonds. The number of pyridine rings is 1. The molecule has 0 radical (unpaired) electrons. The van der Waals surface area contributed by atoms with Gasteiger partial charge in [0.25, 0.3) is 0 Å². The van der Waals surface area contributed by atoms with Crippen LogP contribution in [0.1, 0.15) is 6.92 Å². The third-order valence-electron chi connectivity index (χ3n) is 2.31. The Morgan fingerprint density at radius 3 is 2.88 bits per heavy atom. The highest BCUT2D eigenvalue weighted by atomic mass is 16.5. The van der Waals surface area contributed by atoms with Crippen LogP contribution in [0.25, 0.3) is 0 Å². The second-order valence-electron chi connectivity index (χ2n) is 3.53. The topological polar surface area (TPSA) is 60.6 Å². The van der Waals surface area contributed by atoms with Crippen molar-refractivity contribution in [2.45, 2.75) is 6.92 Å². The summed E-state index contributed by atoms with van der Waals surface area (Å²) in [5.74, 6) is 1.62. The van der Waals surface area contributed by atoms with Gasteiger partial charge in [0.1, 0.15) is 0 Å². The SMILES string of the molecule is CCOc1cccnc1N(CCN)CCOC. The molecule has 0 spiro atoms. The fourth-order valence-electron chi connectivity index (χ4n) is 1.57. The predicted octanol–water partition coefficient (Wildman–Crippen LogP) is 0.892. The average Bonchev–Trinajstić information content (AvgIpc) is 2.36. The quantitative estimate of drug-likeness (QED) is 0.730. The van der Waals surface area contributed by atoms with E-state index in [9.17, 15) is 0 Å². The largest absolute Gasteiger partial charge is 0.490 e. The van der Waals surface area contributed by atoms with Crippen LogP contribution in [0.15, 0.2) is 18.3 Å². The highest BCUT2D eigenvalue weighted by Crippen LogP contribution is 2.24. The zero-order valence-electron chi connectivity index (χ0n) is 10.6. The summed E-state index contributed by atoms with van der Waals surface area (Å²) in [6.07, 6.45) is 1.76. The van der Waals surface area contributed by atoms with Crippen molar-refractivity contribution in [3.8, 4) is 5.75 Å². The Morgan fingerprint density at radius 1 is 1.41 bits per heavy atom. The van der Waals surface area contributed by atoms with E-state index in [1.54, 1.807) is 13.3 Å². The maximum Gasteiger partial charge on any atom is 0.171 e. The lowest BCUT2D eigenvalue weighted by Crippen LogP contribution is -2.33. The average molecular weight is 239 g/mol. The molecule has 1 heterocycles. The van der Waals surface area contributed by atoms with Crippen LogP contribution in [0.4, 0.5) is 5.82 Å². The minimum Gasteiger partial charge on any atom is -0.490 e. The number of aromatic nitrogens is 1. The molecule has 0 fully saturated rings. The molecule has 0 saturated heterocycles. The van der Waals surface area contributed by atoms with Crippen molar-refractivity contribution in [3.63, 3.8) is 0 Å². The number of hydrogen-bond donors (Lipinski definition) is 1. The zero-order chi connectivity index (χ0) is 12.5. The fourth-order valence-corrected chi connectivity index (χ4v) is 1.57. The first kappa shape index (κ1) is 13.7. The van der Waals surface area contributed by atoms with E-state index < -0.39 is 0 Å². The third kappa shape index (κ3) is 4.20. The van der Waals surface area contributed by atoms with Gasteiger partial charge in [-0.25, -0.2) is 4.98 Å². The number of rotatable bonds is 8. The molecule has 0 aromatic carbocycles. The molecule has 0 unspecified atom stereocenters. The number of ether oxygens (including phenoxy) is 2. The van der Waals surface area contributed by atoms with Gasteiger partial charge in [-0.05, 0) is 19.1 Å². The van der Waals surface area contributed by atoms with E-state index in [0.717, 1.165) is 24.7 Å². The summed E-state index contributed by atoms with van der Waals surface area (Å²) in [4.78, 5) is 6.44. The summed E-state index contributed by atoms with van der Waals surface area (Å²) in [6.45, 7) is 5.29. The molecule has 5 nitrogen and oxygen atoms in total. The fraction of sp³-hybridized carbons (Fsp3) is 0.583. The van der Waals surface area contributed by atoms with Crippen molar-refractivity contribution < 1.29 is 9.47 Å². The van der Waals surface area contributed by atoms with E-state index >= 15 is 0 Å². The van der Waals surface area contributed by atoms with Crippen molar-refractivity contribution in [1.29, 1.82) is 0 Å². The zero-order valence-corrected chi connectivity index (χ0v) is 10.6. The summed E-state index contributed by atoms with van der Waals surface area (Å²) in [5, 5.41) is 0. The first-order valence-electron chi connectivity index (χ1n) is 5.85. The van der Waals surface area contributed by atoms with E-state index in [2.05, 4.69) is 9.88 Å². The Labute approximate surface area is 103 Å². The van der Waals surface area contributed by atoms with Crippen LogP contribution in [0.3, 0.4) is 0 Å². The first-order chi connectivity index (χ1) is 8.33. The summed E-state index contributed by atoms with van der Waals surface area (Å²) in [7, 11) is 1.68. The van der Waals surface area contributed by atoms with Gasteiger partial charge in [0.2, 0.25) is 0 Å². The van der Waals surface area contributed by atoms with Crippen LogP contribution in [-0.4, -0.2) is 44.9 Å². The molecular formula is C12H21N3O2. The second-order valence-corrected chi connectivity index (χ2v) is 3.53. The van der Waals surface area contributed by atoms with Gasteiger partial charge in [-0.1, -0.05) is 0 Å². The number of hydrogen-bond acceptors (Lipinski definition) is 5. The number of methoxy groups -OCH3 is 1. The minimum absolute atomic E-state index is 0.575. The van der Waals surface area contributed by atoms with E-state index in [1.165, 1.54) is 0 Å². The predicted molar refractivity (Wildman–Crippen MR) is 68.5 cm³/mol. The normalized spacial score (nSPS) is 10.3. The number of nitrogens with zero attached hydrogens (tertiary/aromatic N) is 2. The van der Waals surface area contributed by atoms with E-state index in [0.29, 0.717) is 19.8 Å². The van der Waals surface area contributed by atoms with E-state index in [4.69, 9.17) is 15.2 Å². The van der Waals surface area contributed by atoms with Gasteiger partial charge in [-0.3, -0.25) is 0 Å². The lowest BCUT2D eigenvalue weighted by Gasteiger charge is -2.24. The molecule has 0 aliphatic carbocycles. The van der Waals surface area contributed by atoms with Crippen LogP contribution < -0.4 is 15.4 Å². The lowest BCUT2D eigenvalue weighted by molar-refractivity contribution is 0.205. The van der Waals surface area contributed by atoms with Gasteiger partial charge >= 0.3 is 0 Å². The smallest absolute Gasteiger partial charge is 0.171 e. The van der Waals surface area contributed by atoms with Crippen molar-refractivity contribution in [2.24, 2.45) is 5.73 Å². The lowest BCUT2D eigenvalue weighted by atomic mass is 10.3. The summed E-state index contributed by atoms with van der Waals surface area (Å²) >= 11 is 0. The molecule has 1 rings (SSSR count). The van der Waals surface area contributed by atoms with Crippen molar-refractivity contribution in [3.05, 3.63) is 18.3 Å². The summed E-state index contributed by atoms with van der Waals surface area (Å²) in [6, 6.07) is 3.79. The van der Waals surface area contributed by atoms with Crippen LogP contribution in [0.5, 0.6) is 5.75 Å². The maximum absolute atomic E-state index is 5.61. The molecule has 0 bridgehead atoms. The minimum atomic E-state index is 0.575. The molecule has 1 aromatic heterocycles. The van der Waals surface area contributed by atoms with Gasteiger partial charge in [0.15, 0.2) is 11.6 Å². The second kappa shape index (κ2) is 7.86. The van der Waals surface area contributed by atoms with Crippen molar-refractivity contribution >= 4 is 5.82 Å². The Balaban J connectivity index is 2.83. The monoisotopic (exact) mass is 239 g/mol. The third-order valence-corrected chi connectivity index (χ3v) is 2.31. The van der Waals surface area contributed by atoms with Crippen LogP contribution in [0.2, 0.25) is 0 Å². The molecule has 0 aliphatic rings. The molecule has 0 saturated carbocycles. The summed E-state index contributed by atoms with van der Waals surface area (Å²) in [5.41, 5.74) is 5.61. The summed E-state index contributed by atoms with van der Waals surface area (Å²) < 4.78 is 10.6. The van der Waals surface area contributed by atoms with Crippen LogP contribution in [-0.2, 0) is 4.74 Å². The standard InChI is InChI=1S/C12H21N3O2/c1-3-17-11-5-4-7-14-12(11)15(8-6-13)9-10-16-2/h4-5,7H,3,6,8-10,13H2,1-2H3.